The molecule has 0 aliphatic heterocycles. The second kappa shape index (κ2) is 8.07. The van der Waals surface area contributed by atoms with Crippen LogP contribution < -0.4 is 4.90 Å². The maximum Gasteiger partial charge on any atom is 0.0369 e. The molecule has 1 aromatic carbocycles. The number of hydrogen-bond donors (Lipinski definition) is 0. The summed E-state index contributed by atoms with van der Waals surface area (Å²) in [6.07, 6.45) is 5.10. The van der Waals surface area contributed by atoms with Crippen molar-refractivity contribution in [3.05, 3.63) is 29.3 Å². The van der Waals surface area contributed by atoms with Gasteiger partial charge in [-0.05, 0) is 55.4 Å². The number of rotatable bonds is 8. The average Bonchev–Trinajstić information content (AvgIpc) is 2.38. The summed E-state index contributed by atoms with van der Waals surface area (Å²) >= 11 is 3.78. The Bertz CT molecular complexity index is 388. The van der Waals surface area contributed by atoms with Crippen LogP contribution in [0.1, 0.15) is 50.7 Å². The molecule has 0 radical (unpaired) electrons. The minimum atomic E-state index is 0.399. The summed E-state index contributed by atoms with van der Waals surface area (Å²) in [6, 6.07) is 6.83. The van der Waals surface area contributed by atoms with Crippen LogP contribution >= 0.6 is 15.9 Å². The molecule has 0 unspecified atom stereocenters. The second-order valence-corrected chi connectivity index (χ2v) is 6.90. The highest BCUT2D eigenvalue weighted by molar-refractivity contribution is 9.09. The van der Waals surface area contributed by atoms with Gasteiger partial charge in [-0.2, -0.15) is 0 Å². The number of nitrogens with zero attached hydrogens (tertiary/aromatic N) is 1. The van der Waals surface area contributed by atoms with Crippen LogP contribution in [-0.4, -0.2) is 18.9 Å². The van der Waals surface area contributed by atoms with Crippen LogP contribution in [0.5, 0.6) is 0 Å². The van der Waals surface area contributed by atoms with Crippen LogP contribution in [0.3, 0.4) is 0 Å². The minimum Gasteiger partial charge on any atom is -0.374 e. The van der Waals surface area contributed by atoms with E-state index in [0.717, 1.165) is 11.9 Å². The van der Waals surface area contributed by atoms with Crippen LogP contribution in [0.15, 0.2) is 18.2 Å². The normalized spacial score (nSPS) is 11.7. The molecule has 114 valence electrons. The third kappa shape index (κ3) is 4.80. The molecule has 0 amide bonds. The topological polar surface area (TPSA) is 3.24 Å². The first-order valence-electron chi connectivity index (χ1n) is 7.81. The van der Waals surface area contributed by atoms with E-state index in [0.29, 0.717) is 5.41 Å². The van der Waals surface area contributed by atoms with Crippen LogP contribution in [0, 0.1) is 19.3 Å². The van der Waals surface area contributed by atoms with Gasteiger partial charge in [0.25, 0.3) is 0 Å². The lowest BCUT2D eigenvalue weighted by Gasteiger charge is -2.37. The van der Waals surface area contributed by atoms with E-state index in [9.17, 15) is 0 Å². The molecular formula is C18H30BrN. The maximum atomic E-state index is 3.78. The van der Waals surface area contributed by atoms with E-state index in [4.69, 9.17) is 0 Å². The highest BCUT2D eigenvalue weighted by Gasteiger charge is 2.28. The number of benzene rings is 1. The van der Waals surface area contributed by atoms with Crippen molar-refractivity contribution in [2.24, 2.45) is 5.41 Å². The predicted molar refractivity (Wildman–Crippen MR) is 95.2 cm³/mol. The minimum absolute atomic E-state index is 0.399. The lowest BCUT2D eigenvalue weighted by atomic mass is 9.80. The molecule has 0 atom stereocenters. The molecular weight excluding hydrogens is 310 g/mol. The van der Waals surface area contributed by atoms with Gasteiger partial charge in [0, 0.05) is 24.6 Å². The molecule has 1 nitrogen and oxygen atoms in total. The monoisotopic (exact) mass is 339 g/mol. The Labute approximate surface area is 133 Å². The molecule has 0 aromatic heterocycles. The Morgan fingerprint density at radius 3 is 1.90 bits per heavy atom. The van der Waals surface area contributed by atoms with Crippen molar-refractivity contribution in [3.8, 4) is 0 Å². The molecule has 0 saturated heterocycles. The smallest absolute Gasteiger partial charge is 0.0369 e. The Kier molecular flexibility index (Phi) is 7.08. The van der Waals surface area contributed by atoms with Crippen molar-refractivity contribution in [1.29, 1.82) is 0 Å². The van der Waals surface area contributed by atoms with Gasteiger partial charge in [-0.1, -0.05) is 48.7 Å². The van der Waals surface area contributed by atoms with Crippen LogP contribution in [0.25, 0.3) is 0 Å². The number of anilines is 1. The van der Waals surface area contributed by atoms with Crippen molar-refractivity contribution in [3.63, 3.8) is 0 Å². The molecule has 0 heterocycles. The summed E-state index contributed by atoms with van der Waals surface area (Å²) in [5, 5.41) is 1.09. The SMILES string of the molecule is CCCC(CBr)(CCC)CN(C)c1cc(C)cc(C)c1. The number of alkyl halides is 1. The van der Waals surface area contributed by atoms with Gasteiger partial charge in [0.2, 0.25) is 0 Å². The number of halogens is 1. The van der Waals surface area contributed by atoms with Crippen molar-refractivity contribution in [1.82, 2.24) is 0 Å². The van der Waals surface area contributed by atoms with Crippen molar-refractivity contribution >= 4 is 21.6 Å². The van der Waals surface area contributed by atoms with Gasteiger partial charge in [0.15, 0.2) is 0 Å². The maximum absolute atomic E-state index is 3.78. The molecule has 0 saturated carbocycles. The van der Waals surface area contributed by atoms with Gasteiger partial charge in [-0.15, -0.1) is 0 Å². The summed E-state index contributed by atoms with van der Waals surface area (Å²) in [6.45, 7) is 10.1. The molecule has 0 fully saturated rings. The van der Waals surface area contributed by atoms with Gasteiger partial charge in [-0.3, -0.25) is 0 Å². The van der Waals surface area contributed by atoms with Crippen molar-refractivity contribution in [2.45, 2.75) is 53.4 Å². The zero-order valence-corrected chi connectivity index (χ0v) is 15.4. The van der Waals surface area contributed by atoms with Gasteiger partial charge < -0.3 is 4.90 Å². The summed E-state index contributed by atoms with van der Waals surface area (Å²) < 4.78 is 0. The van der Waals surface area contributed by atoms with E-state index in [1.54, 1.807) is 0 Å². The van der Waals surface area contributed by atoms with Crippen LogP contribution in [0.4, 0.5) is 5.69 Å². The largest absolute Gasteiger partial charge is 0.374 e. The second-order valence-electron chi connectivity index (χ2n) is 6.34. The quantitative estimate of drug-likeness (QED) is 0.547. The fourth-order valence-electron chi connectivity index (χ4n) is 3.29. The molecule has 20 heavy (non-hydrogen) atoms. The number of hydrogen-bond acceptors (Lipinski definition) is 1. The standard InChI is InChI=1S/C18H30BrN/c1-6-8-18(13-19,9-7-2)14-20(5)17-11-15(3)10-16(4)12-17/h10-12H,6-9,13-14H2,1-5H3. The van der Waals surface area contributed by atoms with Gasteiger partial charge in [0.1, 0.15) is 0 Å². The third-order valence-corrected chi connectivity index (χ3v) is 5.25. The first kappa shape index (κ1) is 17.6. The summed E-state index contributed by atoms with van der Waals surface area (Å²) in [5.74, 6) is 0. The molecule has 1 aromatic rings. The summed E-state index contributed by atoms with van der Waals surface area (Å²) in [4.78, 5) is 2.44. The highest BCUT2D eigenvalue weighted by Crippen LogP contribution is 2.34. The highest BCUT2D eigenvalue weighted by atomic mass is 79.9. The zero-order valence-electron chi connectivity index (χ0n) is 13.8. The van der Waals surface area contributed by atoms with E-state index in [2.05, 4.69) is 73.8 Å². The molecule has 2 heteroatoms. The van der Waals surface area contributed by atoms with Crippen LogP contribution in [0.2, 0.25) is 0 Å². The van der Waals surface area contributed by atoms with Crippen LogP contribution in [-0.2, 0) is 0 Å². The number of aryl methyl sites for hydroxylation is 2. The molecule has 0 aliphatic carbocycles. The van der Waals surface area contributed by atoms with E-state index in [1.807, 2.05) is 0 Å². The summed E-state index contributed by atoms with van der Waals surface area (Å²) in [7, 11) is 2.23. The van der Waals surface area contributed by atoms with Crippen molar-refractivity contribution in [2.75, 3.05) is 23.8 Å². The Balaban J connectivity index is 2.91. The Hall–Kier alpha value is -0.500. The lowest BCUT2D eigenvalue weighted by molar-refractivity contribution is 0.283. The first-order valence-corrected chi connectivity index (χ1v) is 8.94. The van der Waals surface area contributed by atoms with E-state index < -0.39 is 0 Å². The lowest BCUT2D eigenvalue weighted by Crippen LogP contribution is -2.37. The Morgan fingerprint density at radius 1 is 1.00 bits per heavy atom. The fourth-order valence-corrected chi connectivity index (χ4v) is 4.02. The molecule has 0 aliphatic rings. The fraction of sp³-hybridized carbons (Fsp3) is 0.667. The van der Waals surface area contributed by atoms with E-state index in [1.165, 1.54) is 42.5 Å². The third-order valence-electron chi connectivity index (χ3n) is 4.06. The summed E-state index contributed by atoms with van der Waals surface area (Å²) in [5.41, 5.74) is 4.44. The molecule has 0 N–H and O–H groups in total. The van der Waals surface area contributed by atoms with Gasteiger partial charge in [-0.25, -0.2) is 0 Å². The molecule has 0 spiro atoms. The van der Waals surface area contributed by atoms with Gasteiger partial charge in [0.05, 0.1) is 0 Å². The van der Waals surface area contributed by atoms with E-state index in [-0.39, 0.29) is 0 Å². The predicted octanol–water partition coefficient (Wildman–Crippen LogP) is 5.72. The average molecular weight is 340 g/mol. The first-order chi connectivity index (χ1) is 9.46. The van der Waals surface area contributed by atoms with Crippen molar-refractivity contribution < 1.29 is 0 Å². The van der Waals surface area contributed by atoms with Gasteiger partial charge >= 0.3 is 0 Å². The Morgan fingerprint density at radius 2 is 1.50 bits per heavy atom. The van der Waals surface area contributed by atoms with E-state index >= 15 is 0 Å². The molecule has 1 rings (SSSR count). The zero-order chi connectivity index (χ0) is 15.2. The molecule has 0 bridgehead atoms.